The molecule has 13 aromatic carbocycles. The summed E-state index contributed by atoms with van der Waals surface area (Å²) in [6.45, 7) is 6.66. The van der Waals surface area contributed by atoms with Gasteiger partial charge in [-0.3, -0.25) is 0 Å². The molecule has 2 heteroatoms. The van der Waals surface area contributed by atoms with Crippen LogP contribution in [0.3, 0.4) is 0 Å². The van der Waals surface area contributed by atoms with Crippen molar-refractivity contribution in [2.45, 2.75) is 26.7 Å². The molecule has 0 aliphatic rings. The van der Waals surface area contributed by atoms with Crippen molar-refractivity contribution >= 4 is 93.9 Å². The molecule has 13 rings (SSSR count). The third-order valence-electron chi connectivity index (χ3n) is 18.0. The summed E-state index contributed by atoms with van der Waals surface area (Å²) in [7, 11) is 0. The third kappa shape index (κ3) is 16.4. The van der Waals surface area contributed by atoms with Crippen LogP contribution in [-0.2, 0) is 0 Å². The van der Waals surface area contributed by atoms with E-state index >= 15 is 0 Å². The van der Waals surface area contributed by atoms with Crippen molar-refractivity contribution in [3.8, 4) is 0 Å². The van der Waals surface area contributed by atoms with Crippen molar-refractivity contribution < 1.29 is 0 Å². The van der Waals surface area contributed by atoms with Gasteiger partial charge in [0.15, 0.2) is 0 Å². The number of hydrogen-bond donors (Lipinski definition) is 0. The van der Waals surface area contributed by atoms with Crippen molar-refractivity contribution in [1.82, 2.24) is 0 Å². The Kier molecular flexibility index (Phi) is 20.8. The highest BCUT2D eigenvalue weighted by Gasteiger charge is 2.18. The summed E-state index contributed by atoms with van der Waals surface area (Å²) in [6, 6.07) is 122. The van der Waals surface area contributed by atoms with Gasteiger partial charge < -0.3 is 9.80 Å². The normalized spacial score (nSPS) is 11.8. The maximum Gasteiger partial charge on any atom is 0.0490 e. The Balaban J connectivity index is 0.632. The van der Waals surface area contributed by atoms with Gasteiger partial charge in [0.05, 0.1) is 0 Å². The number of benzene rings is 13. The Morgan fingerprint density at radius 1 is 0.235 bits per heavy atom. The summed E-state index contributed by atoms with van der Waals surface area (Å²) in [4.78, 5) is 4.71. The minimum atomic E-state index is 0.209. The van der Waals surface area contributed by atoms with Crippen LogP contribution < -0.4 is 9.80 Å². The molecule has 0 spiro atoms. The molecule has 0 fully saturated rings. The van der Waals surface area contributed by atoms with Crippen molar-refractivity contribution in [3.05, 3.63) is 453 Å². The lowest BCUT2D eigenvalue weighted by Crippen LogP contribution is -2.11. The predicted molar refractivity (Wildman–Crippen MR) is 423 cm³/mol. The lowest BCUT2D eigenvalue weighted by Gasteiger charge is -2.27. The van der Waals surface area contributed by atoms with E-state index in [-0.39, 0.29) is 5.92 Å². The molecule has 0 aromatic heterocycles. The van der Waals surface area contributed by atoms with Gasteiger partial charge in [-0.2, -0.15) is 0 Å². The molecule has 13 aromatic rings. The number of hydrogen-bond acceptors (Lipinski definition) is 2. The fourth-order valence-corrected chi connectivity index (χ4v) is 12.4. The fraction of sp³-hybridized carbons (Fsp3) is 0.0417. The first-order chi connectivity index (χ1) is 48.3. The molecule has 0 saturated carbocycles. The largest absolute Gasteiger partial charge is 0.310 e. The van der Waals surface area contributed by atoms with Crippen molar-refractivity contribution in [2.24, 2.45) is 0 Å². The van der Waals surface area contributed by atoms with Crippen LogP contribution in [0.1, 0.15) is 102 Å². The van der Waals surface area contributed by atoms with Crippen LogP contribution in [0.25, 0.3) is 59.8 Å². The first-order valence-corrected chi connectivity index (χ1v) is 33.8. The molecule has 0 aliphatic carbocycles. The van der Waals surface area contributed by atoms with E-state index < -0.39 is 0 Å². The van der Waals surface area contributed by atoms with Gasteiger partial charge in [-0.05, 0) is 175 Å². The molecule has 0 aliphatic heterocycles. The Morgan fingerprint density at radius 3 is 0.724 bits per heavy atom. The van der Waals surface area contributed by atoms with Gasteiger partial charge in [0, 0.05) is 40.0 Å². The molecule has 1 unspecified atom stereocenters. The quantitative estimate of drug-likeness (QED) is 0.0493. The van der Waals surface area contributed by atoms with Gasteiger partial charge >= 0.3 is 0 Å². The minimum Gasteiger partial charge on any atom is -0.310 e. The van der Waals surface area contributed by atoms with Gasteiger partial charge in [0.25, 0.3) is 0 Å². The molecule has 0 saturated heterocycles. The second-order valence-electron chi connectivity index (χ2n) is 24.7. The van der Waals surface area contributed by atoms with Crippen molar-refractivity contribution in [2.75, 3.05) is 9.80 Å². The van der Waals surface area contributed by atoms with E-state index in [9.17, 15) is 0 Å². The summed E-state index contributed by atoms with van der Waals surface area (Å²) in [5.74, 6) is 0.209. The predicted octanol–water partition coefficient (Wildman–Crippen LogP) is 26.2. The van der Waals surface area contributed by atoms with Gasteiger partial charge in [0.1, 0.15) is 0 Å². The number of anilines is 6. The second kappa shape index (κ2) is 31.7. The van der Waals surface area contributed by atoms with Crippen LogP contribution in [0, 0.1) is 13.8 Å². The second-order valence-corrected chi connectivity index (χ2v) is 24.7. The molecular weight excluding hydrogens is 1180 g/mol. The van der Waals surface area contributed by atoms with E-state index in [0.717, 1.165) is 78.6 Å². The smallest absolute Gasteiger partial charge is 0.0490 e. The Labute approximate surface area is 579 Å². The molecule has 2 nitrogen and oxygen atoms in total. The third-order valence-corrected chi connectivity index (χ3v) is 18.0. The number of rotatable bonds is 22. The first-order valence-electron chi connectivity index (χ1n) is 33.8. The fourth-order valence-electron chi connectivity index (χ4n) is 12.4. The van der Waals surface area contributed by atoms with Crippen LogP contribution in [0.5, 0.6) is 0 Å². The molecule has 0 bridgehead atoms. The topological polar surface area (TPSA) is 6.48 Å². The van der Waals surface area contributed by atoms with Gasteiger partial charge in [-0.1, -0.05) is 359 Å². The summed E-state index contributed by atoms with van der Waals surface area (Å²) < 4.78 is 0. The van der Waals surface area contributed by atoms with E-state index in [1.165, 1.54) is 55.7 Å². The molecule has 472 valence electrons. The van der Waals surface area contributed by atoms with E-state index in [2.05, 4.69) is 443 Å². The number of aryl methyl sites for hydroxylation is 2. The van der Waals surface area contributed by atoms with Crippen LogP contribution in [0.15, 0.2) is 364 Å². The zero-order valence-electron chi connectivity index (χ0n) is 55.7. The van der Waals surface area contributed by atoms with E-state index in [4.69, 9.17) is 0 Å². The van der Waals surface area contributed by atoms with Crippen LogP contribution in [-0.4, -0.2) is 0 Å². The average molecular weight is 1260 g/mol. The monoisotopic (exact) mass is 1260 g/mol. The van der Waals surface area contributed by atoms with Crippen molar-refractivity contribution in [1.29, 1.82) is 0 Å². The molecule has 1 atom stereocenters. The zero-order chi connectivity index (χ0) is 66.7. The zero-order valence-corrected chi connectivity index (χ0v) is 55.7. The summed E-state index contributed by atoms with van der Waals surface area (Å²) in [5.41, 5.74) is 28.0. The summed E-state index contributed by atoms with van der Waals surface area (Å²) in [5, 5.41) is 0. The summed E-state index contributed by atoms with van der Waals surface area (Å²) in [6.07, 6.45) is 26.2. The highest BCUT2D eigenvalue weighted by Crippen LogP contribution is 2.40. The maximum absolute atomic E-state index is 2.36. The highest BCUT2D eigenvalue weighted by molar-refractivity contribution is 5.85. The Hall–Kier alpha value is -12.4. The SMILES string of the molecule is Cc1ccccc1N(c1ccc(/C=C/c2ccc(/C=C/C=C(c3ccccc3)c3ccccc3)cc2)cc1)c1ccc(/C=C/c2ccc(C(C)c3ccc(N(c4ccc(C=Cc5ccc(/C=C/C=C(c6ccccc6)c6ccccc6)cc5)cc4)c4ccccc4C)cc3)cc2)cc1. The lowest BCUT2D eigenvalue weighted by molar-refractivity contribution is 0.922. The van der Waals surface area contributed by atoms with Crippen LogP contribution in [0.4, 0.5) is 34.1 Å². The number of nitrogens with zero attached hydrogens (tertiary/aromatic N) is 2. The van der Waals surface area contributed by atoms with Crippen LogP contribution in [0.2, 0.25) is 0 Å². The molecular formula is C96H78N2. The Morgan fingerprint density at radius 2 is 0.449 bits per heavy atom. The molecule has 0 radical (unpaired) electrons. The maximum atomic E-state index is 2.36. The van der Waals surface area contributed by atoms with E-state index in [1.54, 1.807) is 0 Å². The number of para-hydroxylation sites is 2. The van der Waals surface area contributed by atoms with Crippen molar-refractivity contribution in [3.63, 3.8) is 0 Å². The lowest BCUT2D eigenvalue weighted by atomic mass is 9.92. The van der Waals surface area contributed by atoms with Gasteiger partial charge in [-0.15, -0.1) is 0 Å². The highest BCUT2D eigenvalue weighted by atomic mass is 15.1. The van der Waals surface area contributed by atoms with E-state index in [0.29, 0.717) is 0 Å². The standard InChI is InChI=1S/C96H78N2/c1-72-22-16-18-36-95(72)97(89-64-54-80(55-65-89)49-46-77-42-38-75(39-43-77)24-20-34-93(85-26-8-4-9-27-85)86-28-10-5-11-29-86)90-66-56-82(57-67-90)51-48-79-52-60-83(61-53-79)74(3)84-62-70-92(71-63-84)98(96-37-19-17-23-73(96)2)91-68-58-81(59-69-91)50-47-78-44-40-76(41-45-78)25-21-35-94(87-30-12-6-13-31-87)88-32-14-7-15-33-88/h4-71,74H,1-3H3/b24-20+,25-21+,49-46+,50-47?,51-48+. The minimum absolute atomic E-state index is 0.209. The van der Waals surface area contributed by atoms with E-state index in [1.807, 2.05) is 0 Å². The molecule has 0 N–H and O–H groups in total. The molecule has 98 heavy (non-hydrogen) atoms. The molecule has 0 amide bonds. The molecule has 0 heterocycles. The first kappa shape index (κ1) is 64.4. The average Bonchev–Trinajstić information content (AvgIpc) is 0.828. The van der Waals surface area contributed by atoms with Gasteiger partial charge in [-0.25, -0.2) is 0 Å². The van der Waals surface area contributed by atoms with Crippen LogP contribution >= 0.6 is 0 Å². The Bertz CT molecular complexity index is 4860. The summed E-state index contributed by atoms with van der Waals surface area (Å²) >= 11 is 0. The van der Waals surface area contributed by atoms with Gasteiger partial charge in [0.2, 0.25) is 0 Å². The number of allylic oxidation sites excluding steroid dienone is 4.